The molecule has 0 unspecified atom stereocenters. The molecule has 0 amide bonds. The molecule has 5 nitrogen and oxygen atoms in total. The quantitative estimate of drug-likeness (QED) is 0.632. The van der Waals surface area contributed by atoms with Gasteiger partial charge in [-0.05, 0) is 60.7 Å². The van der Waals surface area contributed by atoms with Crippen LogP contribution in [-0.4, -0.2) is 34.2 Å². The van der Waals surface area contributed by atoms with Crippen LogP contribution in [0.2, 0.25) is 0 Å². The van der Waals surface area contributed by atoms with Crippen molar-refractivity contribution >= 4 is 5.69 Å². The van der Waals surface area contributed by atoms with Gasteiger partial charge in [-0.15, -0.1) is 0 Å². The third kappa shape index (κ3) is 3.96. The van der Waals surface area contributed by atoms with E-state index in [9.17, 15) is 10.2 Å². The summed E-state index contributed by atoms with van der Waals surface area (Å²) in [6, 6.07) is 10.5. The minimum Gasteiger partial charge on any atom is -0.508 e. The molecule has 1 saturated heterocycles. The largest absolute Gasteiger partial charge is 0.508 e. The highest BCUT2D eigenvalue weighted by molar-refractivity contribution is 5.57. The number of nitrogens with one attached hydrogen (secondary N) is 2. The molecule has 0 radical (unpaired) electrons. The molecule has 0 atom stereocenters. The van der Waals surface area contributed by atoms with Crippen LogP contribution in [0.25, 0.3) is 0 Å². The van der Waals surface area contributed by atoms with Crippen molar-refractivity contribution in [2.45, 2.75) is 58.3 Å². The Morgan fingerprint density at radius 1 is 1.11 bits per heavy atom. The van der Waals surface area contributed by atoms with Gasteiger partial charge in [-0.1, -0.05) is 26.0 Å². The van der Waals surface area contributed by atoms with Crippen LogP contribution in [0.1, 0.15) is 54.9 Å². The SMILES string of the molecule is CC(C)c1cc(CN2Cc3cccc(NC4CCNCC4)c3C2)c(O)cc1O. The normalized spacial score (nSPS) is 17.8. The van der Waals surface area contributed by atoms with Gasteiger partial charge in [0.2, 0.25) is 0 Å². The summed E-state index contributed by atoms with van der Waals surface area (Å²) in [5.41, 5.74) is 5.76. The molecule has 0 saturated carbocycles. The molecule has 28 heavy (non-hydrogen) atoms. The van der Waals surface area contributed by atoms with Gasteiger partial charge in [-0.3, -0.25) is 4.90 Å². The van der Waals surface area contributed by atoms with Crippen LogP contribution < -0.4 is 10.6 Å². The first-order chi connectivity index (χ1) is 13.5. The predicted molar refractivity (Wildman–Crippen MR) is 113 cm³/mol. The first-order valence-corrected chi connectivity index (χ1v) is 10.4. The number of piperidine rings is 1. The van der Waals surface area contributed by atoms with E-state index in [-0.39, 0.29) is 17.4 Å². The molecule has 2 aliphatic rings. The minimum atomic E-state index is 0.172. The lowest BCUT2D eigenvalue weighted by Gasteiger charge is -2.26. The topological polar surface area (TPSA) is 67.8 Å². The molecular formula is C23H31N3O2. The van der Waals surface area contributed by atoms with E-state index >= 15 is 0 Å². The second-order valence-electron chi connectivity index (χ2n) is 8.45. The van der Waals surface area contributed by atoms with E-state index in [4.69, 9.17) is 0 Å². The highest BCUT2D eigenvalue weighted by atomic mass is 16.3. The van der Waals surface area contributed by atoms with Gasteiger partial charge in [0, 0.05) is 43.0 Å². The lowest BCUT2D eigenvalue weighted by molar-refractivity contribution is 0.271. The van der Waals surface area contributed by atoms with Crippen molar-refractivity contribution in [3.8, 4) is 11.5 Å². The zero-order valence-corrected chi connectivity index (χ0v) is 16.8. The maximum Gasteiger partial charge on any atom is 0.123 e. The van der Waals surface area contributed by atoms with E-state index in [2.05, 4.69) is 47.6 Å². The second-order valence-corrected chi connectivity index (χ2v) is 8.45. The number of anilines is 1. The number of phenolic OH excluding ortho intramolecular Hbond substituents is 2. The molecule has 0 aliphatic carbocycles. The molecular weight excluding hydrogens is 350 g/mol. The summed E-state index contributed by atoms with van der Waals surface area (Å²) in [6.07, 6.45) is 2.32. The van der Waals surface area contributed by atoms with E-state index in [1.807, 2.05) is 6.07 Å². The monoisotopic (exact) mass is 381 g/mol. The van der Waals surface area contributed by atoms with Gasteiger partial charge in [-0.25, -0.2) is 0 Å². The molecule has 0 aromatic heterocycles. The van der Waals surface area contributed by atoms with Crippen LogP contribution in [0, 0.1) is 0 Å². The first kappa shape index (κ1) is 19.1. The third-order valence-electron chi connectivity index (χ3n) is 5.99. The molecule has 0 spiro atoms. The van der Waals surface area contributed by atoms with Crippen molar-refractivity contribution < 1.29 is 10.2 Å². The molecule has 4 rings (SSSR count). The maximum atomic E-state index is 10.3. The number of rotatable bonds is 5. The highest BCUT2D eigenvalue weighted by Gasteiger charge is 2.24. The van der Waals surface area contributed by atoms with Gasteiger partial charge in [0.1, 0.15) is 11.5 Å². The third-order valence-corrected chi connectivity index (χ3v) is 5.99. The Morgan fingerprint density at radius 3 is 2.64 bits per heavy atom. The summed E-state index contributed by atoms with van der Waals surface area (Å²) in [7, 11) is 0. The summed E-state index contributed by atoms with van der Waals surface area (Å²) >= 11 is 0. The Morgan fingerprint density at radius 2 is 1.89 bits per heavy atom. The van der Waals surface area contributed by atoms with Gasteiger partial charge < -0.3 is 20.8 Å². The Kier molecular flexibility index (Phi) is 5.47. The Bertz CT molecular complexity index is 844. The summed E-state index contributed by atoms with van der Waals surface area (Å²) in [4.78, 5) is 2.36. The fourth-order valence-electron chi connectivity index (χ4n) is 4.39. The molecule has 2 aliphatic heterocycles. The molecule has 150 valence electrons. The van der Waals surface area contributed by atoms with Crippen molar-refractivity contribution in [1.29, 1.82) is 0 Å². The van der Waals surface area contributed by atoms with Gasteiger partial charge in [0.15, 0.2) is 0 Å². The molecule has 4 N–H and O–H groups in total. The average molecular weight is 382 g/mol. The lowest BCUT2D eigenvalue weighted by atomic mass is 9.98. The fraction of sp³-hybridized carbons (Fsp3) is 0.478. The number of benzene rings is 2. The van der Waals surface area contributed by atoms with Crippen molar-refractivity contribution in [2.75, 3.05) is 18.4 Å². The molecule has 1 fully saturated rings. The zero-order chi connectivity index (χ0) is 19.7. The second kappa shape index (κ2) is 8.02. The average Bonchev–Trinajstić information content (AvgIpc) is 3.08. The van der Waals surface area contributed by atoms with Gasteiger partial charge in [0.05, 0.1) is 0 Å². The van der Waals surface area contributed by atoms with Crippen LogP contribution in [-0.2, 0) is 19.6 Å². The zero-order valence-electron chi connectivity index (χ0n) is 16.8. The van der Waals surface area contributed by atoms with Crippen molar-refractivity contribution in [3.63, 3.8) is 0 Å². The molecule has 2 aromatic carbocycles. The van der Waals surface area contributed by atoms with Crippen LogP contribution >= 0.6 is 0 Å². The van der Waals surface area contributed by atoms with Crippen LogP contribution in [0.5, 0.6) is 11.5 Å². The van der Waals surface area contributed by atoms with E-state index in [0.29, 0.717) is 12.6 Å². The molecule has 2 aromatic rings. The van der Waals surface area contributed by atoms with Crippen LogP contribution in [0.4, 0.5) is 5.69 Å². The Hall–Kier alpha value is -2.24. The minimum absolute atomic E-state index is 0.172. The standard InChI is InChI=1S/C23H31N3O2/c1-15(2)19-10-17(22(27)11-23(19)28)13-26-12-16-4-3-5-21(20(16)14-26)25-18-6-8-24-9-7-18/h3-5,10-11,15,18,24-25,27-28H,6-9,12-14H2,1-2H3. The van der Waals surface area contributed by atoms with E-state index in [1.165, 1.54) is 22.9 Å². The number of nitrogens with zero attached hydrogens (tertiary/aromatic N) is 1. The van der Waals surface area contributed by atoms with Crippen molar-refractivity contribution in [3.05, 3.63) is 52.6 Å². The predicted octanol–water partition coefficient (Wildman–Crippen LogP) is 3.90. The maximum absolute atomic E-state index is 10.3. The number of fused-ring (bicyclic) bond motifs is 1. The summed E-state index contributed by atoms with van der Waals surface area (Å²) in [5, 5.41) is 27.6. The lowest BCUT2D eigenvalue weighted by Crippen LogP contribution is -2.35. The van der Waals surface area contributed by atoms with E-state index < -0.39 is 0 Å². The number of phenols is 2. The van der Waals surface area contributed by atoms with Gasteiger partial charge in [-0.2, -0.15) is 0 Å². The molecule has 2 heterocycles. The summed E-state index contributed by atoms with van der Waals surface area (Å²) in [6.45, 7) is 8.71. The van der Waals surface area contributed by atoms with Crippen molar-refractivity contribution in [1.82, 2.24) is 10.2 Å². The molecule has 0 bridgehead atoms. The molecule has 5 heteroatoms. The fourth-order valence-corrected chi connectivity index (χ4v) is 4.39. The first-order valence-electron chi connectivity index (χ1n) is 10.4. The van der Waals surface area contributed by atoms with Gasteiger partial charge >= 0.3 is 0 Å². The number of aromatic hydroxyl groups is 2. The van der Waals surface area contributed by atoms with Crippen LogP contribution in [0.3, 0.4) is 0 Å². The highest BCUT2D eigenvalue weighted by Crippen LogP contribution is 2.36. The van der Waals surface area contributed by atoms with Gasteiger partial charge in [0.25, 0.3) is 0 Å². The Labute approximate surface area is 167 Å². The summed E-state index contributed by atoms with van der Waals surface area (Å²) in [5.74, 6) is 0.566. The number of hydrogen-bond acceptors (Lipinski definition) is 5. The smallest absolute Gasteiger partial charge is 0.123 e. The van der Waals surface area contributed by atoms with E-state index in [1.54, 1.807) is 0 Å². The summed E-state index contributed by atoms with van der Waals surface area (Å²) < 4.78 is 0. The Balaban J connectivity index is 1.50. The van der Waals surface area contributed by atoms with Crippen molar-refractivity contribution in [2.24, 2.45) is 0 Å². The van der Waals surface area contributed by atoms with Crippen LogP contribution in [0.15, 0.2) is 30.3 Å². The number of hydrogen-bond donors (Lipinski definition) is 4. The van der Waals surface area contributed by atoms with E-state index in [0.717, 1.165) is 50.1 Å².